The minimum absolute atomic E-state index is 0.0401. The molecule has 1 aromatic heterocycles. The van der Waals surface area contributed by atoms with Crippen molar-refractivity contribution in [2.24, 2.45) is 0 Å². The van der Waals surface area contributed by atoms with E-state index in [1.165, 1.54) is 27.8 Å². The molecule has 0 amide bonds. The highest BCUT2D eigenvalue weighted by atomic mass is 19.2. The molecule has 0 saturated carbocycles. The fourth-order valence-electron chi connectivity index (χ4n) is 5.58. The molecule has 2 aliphatic carbocycles. The van der Waals surface area contributed by atoms with Crippen LogP contribution in [0.3, 0.4) is 0 Å². The Morgan fingerprint density at radius 3 is 2.14 bits per heavy atom. The number of nitrogens with zero attached hydrogens (tertiary/aromatic N) is 1. The van der Waals surface area contributed by atoms with E-state index in [-0.39, 0.29) is 5.75 Å². The summed E-state index contributed by atoms with van der Waals surface area (Å²) in [4.78, 5) is 5.18. The topological polar surface area (TPSA) is 31.4 Å². The number of halogens is 2. The zero-order valence-electron chi connectivity index (χ0n) is 19.5. The maximum atomic E-state index is 13.6. The molecule has 1 heterocycles. The average molecular weight is 467 g/mol. The van der Waals surface area contributed by atoms with Gasteiger partial charge in [-0.05, 0) is 72.6 Å². The van der Waals surface area contributed by atoms with Crippen LogP contribution < -0.4 is 9.39 Å². The third kappa shape index (κ3) is 3.68. The van der Waals surface area contributed by atoms with E-state index in [4.69, 9.17) is 14.4 Å². The van der Waals surface area contributed by atoms with Crippen molar-refractivity contribution >= 4 is 7.47 Å². The molecule has 0 aliphatic heterocycles. The van der Waals surface area contributed by atoms with Crippen LogP contribution in [0.25, 0.3) is 33.5 Å². The van der Waals surface area contributed by atoms with Crippen molar-refractivity contribution in [3.05, 3.63) is 89.1 Å². The Balaban J connectivity index is 1.69. The lowest BCUT2D eigenvalue weighted by atomic mass is 9.76. The molecule has 0 bridgehead atoms. The van der Waals surface area contributed by atoms with E-state index in [0.29, 0.717) is 23.6 Å². The first-order valence-electron chi connectivity index (χ1n) is 12.1. The molecule has 3 nitrogen and oxygen atoms in total. The first-order valence-corrected chi connectivity index (χ1v) is 12.1. The van der Waals surface area contributed by atoms with Crippen LogP contribution in [-0.4, -0.2) is 19.1 Å². The van der Waals surface area contributed by atoms with Gasteiger partial charge >= 0.3 is 7.47 Å². The van der Waals surface area contributed by atoms with Gasteiger partial charge in [-0.2, -0.15) is 0 Å². The molecule has 4 aromatic rings. The standard InChI is InChI=1S/C29H24BF2NO2/c1-2-34-25-13-7-12-23(29(25)35-30(31)32)28-27-21-11-6-4-8-18(21)14-16-22(27)26-20-10-5-3-9-19(20)15-17-24(26)33-28/h3-13H,2,14-17H2,1H3. The minimum atomic E-state index is -2.97. The lowest BCUT2D eigenvalue weighted by Gasteiger charge is -2.30. The number of aryl methyl sites for hydroxylation is 3. The summed E-state index contributed by atoms with van der Waals surface area (Å²) in [6.07, 6.45) is 3.52. The van der Waals surface area contributed by atoms with Crippen molar-refractivity contribution in [3.8, 4) is 45.0 Å². The van der Waals surface area contributed by atoms with E-state index in [1.807, 2.05) is 31.2 Å². The maximum Gasteiger partial charge on any atom is 0.796 e. The molecule has 0 atom stereocenters. The summed E-state index contributed by atoms with van der Waals surface area (Å²) in [5.41, 5.74) is 10.6. The molecule has 0 unspecified atom stereocenters. The molecule has 6 heteroatoms. The number of rotatable bonds is 5. The van der Waals surface area contributed by atoms with Crippen LogP contribution in [0.1, 0.15) is 29.3 Å². The molecule has 6 rings (SSSR count). The second kappa shape index (κ2) is 8.84. The molecular formula is C29H24BF2NO2. The van der Waals surface area contributed by atoms with E-state index < -0.39 is 7.47 Å². The minimum Gasteiger partial charge on any atom is -0.502 e. The number of pyridine rings is 1. The number of hydrogen-bond acceptors (Lipinski definition) is 3. The van der Waals surface area contributed by atoms with Gasteiger partial charge in [0.25, 0.3) is 0 Å². The first kappa shape index (κ1) is 21.8. The van der Waals surface area contributed by atoms with Crippen LogP contribution in [0.4, 0.5) is 8.63 Å². The summed E-state index contributed by atoms with van der Waals surface area (Å²) in [7, 11) is -2.97. The SMILES string of the molecule is CCOc1cccc(-c2nc3c(c4c2-c2ccccc2CC4)-c2ccccc2CC3)c1OB(F)F. The Kier molecular flexibility index (Phi) is 5.52. The van der Waals surface area contributed by atoms with Crippen LogP contribution >= 0.6 is 0 Å². The van der Waals surface area contributed by atoms with Crippen molar-refractivity contribution in [2.45, 2.75) is 32.6 Å². The Labute approximate surface area is 204 Å². The number of ether oxygens (including phenoxy) is 1. The number of benzene rings is 3. The van der Waals surface area contributed by atoms with Crippen molar-refractivity contribution < 1.29 is 18.0 Å². The Hall–Kier alpha value is -3.67. The largest absolute Gasteiger partial charge is 0.796 e. The van der Waals surface area contributed by atoms with Gasteiger partial charge in [0.1, 0.15) is 0 Å². The molecule has 35 heavy (non-hydrogen) atoms. The molecule has 0 fully saturated rings. The smallest absolute Gasteiger partial charge is 0.502 e. The van der Waals surface area contributed by atoms with E-state index >= 15 is 0 Å². The van der Waals surface area contributed by atoms with Gasteiger partial charge in [-0.25, -0.2) is 8.63 Å². The predicted molar refractivity (Wildman–Crippen MR) is 135 cm³/mol. The van der Waals surface area contributed by atoms with Gasteiger partial charge in [-0.15, -0.1) is 0 Å². The first-order chi connectivity index (χ1) is 17.2. The fourth-order valence-corrected chi connectivity index (χ4v) is 5.58. The second-order valence-electron chi connectivity index (χ2n) is 8.89. The summed E-state index contributed by atoms with van der Waals surface area (Å²) in [5.74, 6) is 0.339. The van der Waals surface area contributed by atoms with Gasteiger partial charge < -0.3 is 9.39 Å². The van der Waals surface area contributed by atoms with Gasteiger partial charge in [-0.3, -0.25) is 4.98 Å². The predicted octanol–water partition coefficient (Wildman–Crippen LogP) is 6.98. The van der Waals surface area contributed by atoms with Gasteiger partial charge in [0.15, 0.2) is 11.5 Å². The second-order valence-corrected chi connectivity index (χ2v) is 8.89. The van der Waals surface area contributed by atoms with Crippen molar-refractivity contribution in [3.63, 3.8) is 0 Å². The summed E-state index contributed by atoms with van der Waals surface area (Å²) >= 11 is 0. The molecule has 0 radical (unpaired) electrons. The highest BCUT2D eigenvalue weighted by molar-refractivity contribution is 6.35. The van der Waals surface area contributed by atoms with E-state index in [2.05, 4.69) is 36.4 Å². The van der Waals surface area contributed by atoms with E-state index in [0.717, 1.165) is 42.5 Å². The maximum absolute atomic E-state index is 13.6. The van der Waals surface area contributed by atoms with Crippen molar-refractivity contribution in [2.75, 3.05) is 6.61 Å². The summed E-state index contributed by atoms with van der Waals surface area (Å²) in [6, 6.07) is 22.1. The van der Waals surface area contributed by atoms with Crippen molar-refractivity contribution in [1.29, 1.82) is 0 Å². The van der Waals surface area contributed by atoms with Crippen molar-refractivity contribution in [1.82, 2.24) is 4.98 Å². The number of hydrogen-bond donors (Lipinski definition) is 0. The molecule has 0 spiro atoms. The molecular weight excluding hydrogens is 443 g/mol. The molecule has 174 valence electrons. The zero-order valence-corrected chi connectivity index (χ0v) is 19.5. The normalized spacial score (nSPS) is 13.2. The lowest BCUT2D eigenvalue weighted by Crippen LogP contribution is -2.16. The van der Waals surface area contributed by atoms with Crippen LogP contribution in [-0.2, 0) is 25.7 Å². The number of fused-ring (bicyclic) bond motifs is 7. The van der Waals surface area contributed by atoms with Crippen LogP contribution in [0, 0.1) is 0 Å². The highest BCUT2D eigenvalue weighted by Crippen LogP contribution is 2.49. The van der Waals surface area contributed by atoms with E-state index in [9.17, 15) is 8.63 Å². The Morgan fingerprint density at radius 2 is 1.43 bits per heavy atom. The summed E-state index contributed by atoms with van der Waals surface area (Å²) in [6.45, 7) is 2.17. The monoisotopic (exact) mass is 467 g/mol. The average Bonchev–Trinajstić information content (AvgIpc) is 2.88. The molecule has 2 aliphatic rings. The van der Waals surface area contributed by atoms with E-state index in [1.54, 1.807) is 6.07 Å². The van der Waals surface area contributed by atoms with Gasteiger partial charge in [0.2, 0.25) is 0 Å². The van der Waals surface area contributed by atoms with Gasteiger partial charge in [0.05, 0.1) is 12.3 Å². The van der Waals surface area contributed by atoms with Crippen LogP contribution in [0.2, 0.25) is 0 Å². The highest BCUT2D eigenvalue weighted by Gasteiger charge is 2.32. The zero-order chi connectivity index (χ0) is 23.9. The Morgan fingerprint density at radius 1 is 0.771 bits per heavy atom. The molecule has 3 aromatic carbocycles. The third-order valence-corrected chi connectivity index (χ3v) is 6.97. The van der Waals surface area contributed by atoms with Gasteiger partial charge in [-0.1, -0.05) is 54.6 Å². The number of aromatic nitrogens is 1. The van der Waals surface area contributed by atoms with Crippen LogP contribution in [0.15, 0.2) is 66.7 Å². The lowest BCUT2D eigenvalue weighted by molar-refractivity contribution is 0.320. The Bertz CT molecular complexity index is 1440. The quantitative estimate of drug-likeness (QED) is 0.297. The third-order valence-electron chi connectivity index (χ3n) is 6.97. The molecule has 0 saturated heterocycles. The van der Waals surface area contributed by atoms with Gasteiger partial charge in [0, 0.05) is 22.4 Å². The molecule has 0 N–H and O–H groups in total. The van der Waals surface area contributed by atoms with Crippen LogP contribution in [0.5, 0.6) is 11.5 Å². The summed E-state index contributed by atoms with van der Waals surface area (Å²) in [5, 5.41) is 0. The fraction of sp³-hybridized carbons (Fsp3) is 0.207. The number of para-hydroxylation sites is 1. The summed E-state index contributed by atoms with van der Waals surface area (Å²) < 4.78 is 37.9.